The third-order valence-electron chi connectivity index (χ3n) is 3.44. The second-order valence-corrected chi connectivity index (χ2v) is 8.65. The van der Waals surface area contributed by atoms with Crippen molar-refractivity contribution in [2.24, 2.45) is 0 Å². The number of carbonyl (C=O) groups excluding carboxylic acids is 1. The van der Waals surface area contributed by atoms with Crippen LogP contribution in [-0.4, -0.2) is 42.7 Å². The topological polar surface area (TPSA) is 79.4 Å². The van der Waals surface area contributed by atoms with E-state index in [9.17, 15) is 13.2 Å². The van der Waals surface area contributed by atoms with Crippen molar-refractivity contribution in [3.63, 3.8) is 0 Å². The first kappa shape index (κ1) is 16.7. The van der Waals surface area contributed by atoms with Gasteiger partial charge in [-0.1, -0.05) is 29.9 Å². The van der Waals surface area contributed by atoms with E-state index in [1.807, 2.05) is 0 Å². The fraction of sp³-hybridized carbons (Fsp3) is 0.667. The summed E-state index contributed by atoms with van der Waals surface area (Å²) in [5.41, 5.74) is 0.436. The second-order valence-electron chi connectivity index (χ2n) is 4.94. The number of rotatable bonds is 4. The van der Waals surface area contributed by atoms with Crippen molar-refractivity contribution < 1.29 is 13.2 Å². The van der Waals surface area contributed by atoms with Crippen LogP contribution in [0.1, 0.15) is 31.9 Å². The van der Waals surface area contributed by atoms with Gasteiger partial charge in [-0.05, 0) is 19.8 Å². The first-order valence-electron chi connectivity index (χ1n) is 6.77. The molecule has 21 heavy (non-hydrogen) atoms. The molecule has 1 amide bonds. The van der Waals surface area contributed by atoms with E-state index < -0.39 is 10.0 Å². The van der Waals surface area contributed by atoms with Gasteiger partial charge >= 0.3 is 0 Å². The van der Waals surface area contributed by atoms with Crippen LogP contribution in [0.4, 0.5) is 0 Å². The molecule has 9 heteroatoms. The third kappa shape index (κ3) is 3.74. The zero-order valence-corrected chi connectivity index (χ0v) is 14.3. The van der Waals surface area contributed by atoms with Gasteiger partial charge in [-0.3, -0.25) is 4.79 Å². The molecular weight excluding hydrogens is 334 g/mol. The molecule has 1 fully saturated rings. The van der Waals surface area contributed by atoms with Crippen LogP contribution in [0.2, 0.25) is 4.47 Å². The zero-order chi connectivity index (χ0) is 15.6. The average Bonchev–Trinajstić information content (AvgIpc) is 2.79. The van der Waals surface area contributed by atoms with Crippen molar-refractivity contribution in [2.75, 3.05) is 13.1 Å². The average molecular weight is 352 g/mol. The van der Waals surface area contributed by atoms with E-state index in [4.69, 9.17) is 11.6 Å². The van der Waals surface area contributed by atoms with Gasteiger partial charge in [0, 0.05) is 25.6 Å². The lowest BCUT2D eigenvalue weighted by Gasteiger charge is -2.31. The summed E-state index contributed by atoms with van der Waals surface area (Å²) >= 11 is 6.77. The number of piperidine rings is 1. The van der Waals surface area contributed by atoms with E-state index in [2.05, 4.69) is 10.3 Å². The summed E-state index contributed by atoms with van der Waals surface area (Å²) in [7, 11) is -3.54. The van der Waals surface area contributed by atoms with Gasteiger partial charge in [0.05, 0.1) is 5.69 Å². The fourth-order valence-corrected chi connectivity index (χ4v) is 5.62. The Morgan fingerprint density at radius 1 is 1.48 bits per heavy atom. The number of aryl methyl sites for hydroxylation is 1. The van der Waals surface area contributed by atoms with Crippen LogP contribution in [-0.2, 0) is 14.8 Å². The highest BCUT2D eigenvalue weighted by Gasteiger charge is 2.32. The Morgan fingerprint density at radius 3 is 2.57 bits per heavy atom. The maximum absolute atomic E-state index is 12.6. The molecule has 0 saturated carbocycles. The molecule has 1 aliphatic rings. The summed E-state index contributed by atoms with van der Waals surface area (Å²) in [5.74, 6) is 0.00129. The second kappa shape index (κ2) is 6.60. The SMILES string of the molecule is CCC(=O)NC1CCN(S(=O)(=O)c2sc(Cl)nc2C)CC1. The summed E-state index contributed by atoms with van der Waals surface area (Å²) in [4.78, 5) is 15.3. The van der Waals surface area contributed by atoms with Gasteiger partial charge in [-0.2, -0.15) is 4.31 Å². The summed E-state index contributed by atoms with van der Waals surface area (Å²) in [6, 6.07) is 0.0510. The highest BCUT2D eigenvalue weighted by atomic mass is 35.5. The monoisotopic (exact) mass is 351 g/mol. The largest absolute Gasteiger partial charge is 0.353 e. The Balaban J connectivity index is 2.04. The number of aromatic nitrogens is 1. The number of halogens is 1. The molecule has 0 spiro atoms. The Kier molecular flexibility index (Phi) is 5.24. The number of thiazole rings is 1. The number of hydrogen-bond donors (Lipinski definition) is 1. The molecule has 0 atom stereocenters. The normalized spacial score (nSPS) is 17.9. The molecule has 1 N–H and O–H groups in total. The van der Waals surface area contributed by atoms with Crippen LogP contribution in [0, 0.1) is 6.92 Å². The first-order valence-corrected chi connectivity index (χ1v) is 9.40. The highest BCUT2D eigenvalue weighted by molar-refractivity contribution is 7.91. The molecule has 1 aromatic rings. The molecule has 0 aromatic carbocycles. The van der Waals surface area contributed by atoms with Crippen LogP contribution >= 0.6 is 22.9 Å². The first-order chi connectivity index (χ1) is 9.84. The summed E-state index contributed by atoms with van der Waals surface area (Å²) in [6.07, 6.45) is 1.68. The van der Waals surface area contributed by atoms with Crippen molar-refractivity contribution in [1.82, 2.24) is 14.6 Å². The third-order valence-corrected chi connectivity index (χ3v) is 7.19. The Morgan fingerprint density at radius 2 is 2.10 bits per heavy atom. The van der Waals surface area contributed by atoms with Gasteiger partial charge in [-0.15, -0.1) is 0 Å². The van der Waals surface area contributed by atoms with Gasteiger partial charge < -0.3 is 5.32 Å². The highest BCUT2D eigenvalue weighted by Crippen LogP contribution is 2.30. The van der Waals surface area contributed by atoms with E-state index >= 15 is 0 Å². The van der Waals surface area contributed by atoms with Gasteiger partial charge in [0.1, 0.15) is 0 Å². The standard InChI is InChI=1S/C12H18ClN3O3S2/c1-3-10(17)15-9-4-6-16(7-5-9)21(18,19)11-8(2)14-12(13)20-11/h9H,3-7H2,1-2H3,(H,15,17). The minimum Gasteiger partial charge on any atom is -0.353 e. The van der Waals surface area contributed by atoms with Crippen molar-refractivity contribution in [2.45, 2.75) is 43.4 Å². The van der Waals surface area contributed by atoms with Crippen molar-refractivity contribution in [1.29, 1.82) is 0 Å². The molecule has 0 unspecified atom stereocenters. The lowest BCUT2D eigenvalue weighted by Crippen LogP contribution is -2.46. The number of nitrogens with zero attached hydrogens (tertiary/aromatic N) is 2. The lowest BCUT2D eigenvalue weighted by atomic mass is 10.1. The smallest absolute Gasteiger partial charge is 0.254 e. The van der Waals surface area contributed by atoms with Gasteiger partial charge in [-0.25, -0.2) is 13.4 Å². The van der Waals surface area contributed by atoms with E-state index in [0.717, 1.165) is 11.3 Å². The number of amides is 1. The minimum atomic E-state index is -3.54. The number of sulfonamides is 1. The van der Waals surface area contributed by atoms with E-state index in [1.165, 1.54) is 4.31 Å². The molecule has 2 heterocycles. The minimum absolute atomic E-state index is 0.00129. The molecule has 2 rings (SSSR count). The Bertz CT molecular complexity index is 622. The molecular formula is C12H18ClN3O3S2. The molecule has 0 bridgehead atoms. The molecule has 0 radical (unpaired) electrons. The molecule has 1 saturated heterocycles. The molecule has 118 valence electrons. The van der Waals surface area contributed by atoms with Crippen molar-refractivity contribution in [3.05, 3.63) is 10.2 Å². The van der Waals surface area contributed by atoms with Crippen LogP contribution in [0.15, 0.2) is 4.21 Å². The van der Waals surface area contributed by atoms with Crippen LogP contribution in [0.25, 0.3) is 0 Å². The summed E-state index contributed by atoms with van der Waals surface area (Å²) < 4.78 is 27.0. The fourth-order valence-electron chi connectivity index (χ4n) is 2.28. The summed E-state index contributed by atoms with van der Waals surface area (Å²) in [5, 5.41) is 2.90. The van der Waals surface area contributed by atoms with Gasteiger partial charge in [0.25, 0.3) is 10.0 Å². The molecule has 1 aromatic heterocycles. The molecule has 1 aliphatic heterocycles. The van der Waals surface area contributed by atoms with Crippen LogP contribution in [0.5, 0.6) is 0 Å². The maximum Gasteiger partial charge on any atom is 0.254 e. The predicted molar refractivity (Wildman–Crippen MR) is 82.1 cm³/mol. The van der Waals surface area contributed by atoms with Crippen molar-refractivity contribution in [3.8, 4) is 0 Å². The maximum atomic E-state index is 12.6. The Hall–Kier alpha value is -0.700. The van der Waals surface area contributed by atoms with Crippen LogP contribution < -0.4 is 5.32 Å². The van der Waals surface area contributed by atoms with E-state index in [0.29, 0.717) is 38.0 Å². The quantitative estimate of drug-likeness (QED) is 0.896. The lowest BCUT2D eigenvalue weighted by molar-refractivity contribution is -0.121. The summed E-state index contributed by atoms with van der Waals surface area (Å²) in [6.45, 7) is 4.23. The van der Waals surface area contributed by atoms with E-state index in [-0.39, 0.29) is 20.6 Å². The van der Waals surface area contributed by atoms with Crippen molar-refractivity contribution >= 4 is 38.9 Å². The molecule has 6 nitrogen and oxygen atoms in total. The van der Waals surface area contributed by atoms with Gasteiger partial charge in [0.2, 0.25) is 5.91 Å². The number of carbonyl (C=O) groups is 1. The van der Waals surface area contributed by atoms with Gasteiger partial charge in [0.15, 0.2) is 8.68 Å². The number of hydrogen-bond acceptors (Lipinski definition) is 5. The van der Waals surface area contributed by atoms with Crippen LogP contribution in [0.3, 0.4) is 0 Å². The Labute approximate surface area is 133 Å². The predicted octanol–water partition coefficient (Wildman–Crippen LogP) is 1.78. The zero-order valence-electron chi connectivity index (χ0n) is 11.9. The molecule has 0 aliphatic carbocycles. The van der Waals surface area contributed by atoms with E-state index in [1.54, 1.807) is 13.8 Å². The number of nitrogens with one attached hydrogen (secondary N) is 1.